The van der Waals surface area contributed by atoms with Crippen LogP contribution in [0.4, 0.5) is 4.39 Å². The lowest BCUT2D eigenvalue weighted by molar-refractivity contribution is 0.0735. The number of nitrogens with zero attached hydrogens (tertiary/aromatic N) is 3. The summed E-state index contributed by atoms with van der Waals surface area (Å²) >= 11 is 0. The molecule has 116 valence electrons. The molecule has 0 N–H and O–H groups in total. The molecule has 0 saturated heterocycles. The molecule has 1 atom stereocenters. The number of benzene rings is 1. The molecule has 4 nitrogen and oxygen atoms in total. The molecule has 22 heavy (non-hydrogen) atoms. The number of carbonyl (C=O) groups excluding carboxylic acids is 1. The first-order valence-corrected chi connectivity index (χ1v) is 7.65. The Morgan fingerprint density at radius 1 is 1.36 bits per heavy atom. The quantitative estimate of drug-likeness (QED) is 0.873. The van der Waals surface area contributed by atoms with Gasteiger partial charge in [-0.25, -0.2) is 9.37 Å². The van der Waals surface area contributed by atoms with Crippen molar-refractivity contribution in [1.82, 2.24) is 14.5 Å². The SMILES string of the molecule is C[C@H](c1ccccc1F)N(C)C(=O)c1cn2c(n1)CCCC2. The van der Waals surface area contributed by atoms with Gasteiger partial charge in [0, 0.05) is 31.8 Å². The van der Waals surface area contributed by atoms with Crippen LogP contribution >= 0.6 is 0 Å². The maximum Gasteiger partial charge on any atom is 0.274 e. The van der Waals surface area contributed by atoms with E-state index in [-0.39, 0.29) is 17.8 Å². The van der Waals surface area contributed by atoms with Gasteiger partial charge in [-0.05, 0) is 25.8 Å². The third-order valence-electron chi connectivity index (χ3n) is 4.38. The molecule has 3 rings (SSSR count). The number of rotatable bonds is 3. The van der Waals surface area contributed by atoms with Gasteiger partial charge in [0.25, 0.3) is 5.91 Å². The number of aromatic nitrogens is 2. The first kappa shape index (κ1) is 14.8. The number of fused-ring (bicyclic) bond motifs is 1. The maximum absolute atomic E-state index is 13.9. The molecule has 1 aliphatic rings. The minimum Gasteiger partial charge on any atom is -0.334 e. The highest BCUT2D eigenvalue weighted by Crippen LogP contribution is 2.23. The minimum atomic E-state index is -0.340. The Balaban J connectivity index is 1.82. The van der Waals surface area contributed by atoms with E-state index in [0.29, 0.717) is 11.3 Å². The zero-order chi connectivity index (χ0) is 15.7. The van der Waals surface area contributed by atoms with E-state index in [4.69, 9.17) is 0 Å². The van der Waals surface area contributed by atoms with Crippen molar-refractivity contribution in [3.05, 3.63) is 53.4 Å². The van der Waals surface area contributed by atoms with Crippen molar-refractivity contribution < 1.29 is 9.18 Å². The van der Waals surface area contributed by atoms with Crippen molar-refractivity contribution in [2.45, 2.75) is 38.8 Å². The van der Waals surface area contributed by atoms with Crippen LogP contribution in [0.1, 0.15) is 47.7 Å². The summed E-state index contributed by atoms with van der Waals surface area (Å²) in [5.41, 5.74) is 0.963. The highest BCUT2D eigenvalue weighted by Gasteiger charge is 2.24. The Labute approximate surface area is 129 Å². The van der Waals surface area contributed by atoms with Crippen LogP contribution in [0.15, 0.2) is 30.5 Å². The van der Waals surface area contributed by atoms with Gasteiger partial charge >= 0.3 is 0 Å². The van der Waals surface area contributed by atoms with Gasteiger partial charge in [0.1, 0.15) is 17.3 Å². The van der Waals surface area contributed by atoms with E-state index >= 15 is 0 Å². The predicted octanol–water partition coefficient (Wildman–Crippen LogP) is 3.19. The van der Waals surface area contributed by atoms with Gasteiger partial charge in [-0.1, -0.05) is 18.2 Å². The number of carbonyl (C=O) groups is 1. The van der Waals surface area contributed by atoms with Gasteiger partial charge in [0.15, 0.2) is 0 Å². The Morgan fingerprint density at radius 3 is 2.86 bits per heavy atom. The maximum atomic E-state index is 13.9. The molecule has 0 unspecified atom stereocenters. The van der Waals surface area contributed by atoms with Crippen LogP contribution in [0.2, 0.25) is 0 Å². The van der Waals surface area contributed by atoms with Crippen LogP contribution < -0.4 is 0 Å². The van der Waals surface area contributed by atoms with Crippen molar-refractivity contribution in [3.8, 4) is 0 Å². The Morgan fingerprint density at radius 2 is 2.14 bits per heavy atom. The first-order chi connectivity index (χ1) is 10.6. The summed E-state index contributed by atoms with van der Waals surface area (Å²) in [6, 6.07) is 6.22. The second-order valence-corrected chi connectivity index (χ2v) is 5.81. The molecular formula is C17H20FN3O. The lowest BCUT2D eigenvalue weighted by Crippen LogP contribution is -2.30. The molecule has 2 heterocycles. The molecule has 0 bridgehead atoms. The highest BCUT2D eigenvalue weighted by molar-refractivity contribution is 5.92. The Hall–Kier alpha value is -2.17. The van der Waals surface area contributed by atoms with E-state index in [1.54, 1.807) is 30.1 Å². The van der Waals surface area contributed by atoms with Gasteiger partial charge in [-0.3, -0.25) is 4.79 Å². The molecular weight excluding hydrogens is 281 g/mol. The van der Waals surface area contributed by atoms with Gasteiger partial charge in [-0.15, -0.1) is 0 Å². The zero-order valence-corrected chi connectivity index (χ0v) is 12.9. The van der Waals surface area contributed by atoms with Crippen molar-refractivity contribution in [2.24, 2.45) is 0 Å². The van der Waals surface area contributed by atoms with E-state index in [1.807, 2.05) is 13.1 Å². The molecule has 2 aromatic rings. The summed E-state index contributed by atoms with van der Waals surface area (Å²) in [5, 5.41) is 0. The molecule has 0 aliphatic carbocycles. The van der Waals surface area contributed by atoms with E-state index in [1.165, 1.54) is 6.07 Å². The molecule has 1 amide bonds. The van der Waals surface area contributed by atoms with Crippen molar-refractivity contribution in [1.29, 1.82) is 0 Å². The van der Waals surface area contributed by atoms with Gasteiger partial charge in [-0.2, -0.15) is 0 Å². The van der Waals surface area contributed by atoms with Crippen LogP contribution in [0.25, 0.3) is 0 Å². The highest BCUT2D eigenvalue weighted by atomic mass is 19.1. The number of aryl methyl sites for hydroxylation is 2. The third kappa shape index (κ3) is 2.63. The third-order valence-corrected chi connectivity index (χ3v) is 4.38. The first-order valence-electron chi connectivity index (χ1n) is 7.65. The molecule has 0 spiro atoms. The fourth-order valence-electron chi connectivity index (χ4n) is 2.89. The second kappa shape index (κ2) is 5.91. The lowest BCUT2D eigenvalue weighted by Gasteiger charge is -2.24. The lowest BCUT2D eigenvalue weighted by atomic mass is 10.1. The average molecular weight is 301 g/mol. The van der Waals surface area contributed by atoms with Gasteiger partial charge in [0.2, 0.25) is 0 Å². The molecule has 1 aromatic heterocycles. The Kier molecular flexibility index (Phi) is 3.96. The number of imidazole rings is 1. The van der Waals surface area contributed by atoms with Gasteiger partial charge < -0.3 is 9.47 Å². The molecule has 1 aromatic carbocycles. The molecule has 1 aliphatic heterocycles. The van der Waals surface area contributed by atoms with Crippen LogP contribution in [0.3, 0.4) is 0 Å². The van der Waals surface area contributed by atoms with Crippen LogP contribution in [-0.2, 0) is 13.0 Å². The smallest absolute Gasteiger partial charge is 0.274 e. The van der Waals surface area contributed by atoms with E-state index in [9.17, 15) is 9.18 Å². The minimum absolute atomic E-state index is 0.169. The molecule has 0 radical (unpaired) electrons. The molecule has 0 saturated carbocycles. The summed E-state index contributed by atoms with van der Waals surface area (Å²) < 4.78 is 15.9. The zero-order valence-electron chi connectivity index (χ0n) is 12.9. The van der Waals surface area contributed by atoms with E-state index in [2.05, 4.69) is 9.55 Å². The number of halogens is 1. The van der Waals surface area contributed by atoms with Crippen molar-refractivity contribution in [3.63, 3.8) is 0 Å². The molecule has 5 heteroatoms. The van der Waals surface area contributed by atoms with E-state index < -0.39 is 0 Å². The number of hydrogen-bond acceptors (Lipinski definition) is 2. The predicted molar refractivity (Wildman–Crippen MR) is 82.1 cm³/mol. The fourth-order valence-corrected chi connectivity index (χ4v) is 2.89. The number of hydrogen-bond donors (Lipinski definition) is 0. The van der Waals surface area contributed by atoms with Gasteiger partial charge in [0.05, 0.1) is 6.04 Å². The standard InChI is InChI=1S/C17H20FN3O/c1-12(13-7-3-4-8-14(13)18)20(2)17(22)15-11-21-10-6-5-9-16(21)19-15/h3-4,7-8,11-12H,5-6,9-10H2,1-2H3/t12-/m1/s1. The fraction of sp³-hybridized carbons (Fsp3) is 0.412. The largest absolute Gasteiger partial charge is 0.334 e. The van der Waals surface area contributed by atoms with E-state index in [0.717, 1.165) is 31.6 Å². The summed E-state index contributed by atoms with van der Waals surface area (Å²) in [4.78, 5) is 18.6. The summed E-state index contributed by atoms with van der Waals surface area (Å²) in [7, 11) is 1.69. The second-order valence-electron chi connectivity index (χ2n) is 5.81. The topological polar surface area (TPSA) is 38.1 Å². The number of amides is 1. The normalized spacial score (nSPS) is 15.2. The summed E-state index contributed by atoms with van der Waals surface area (Å²) in [6.07, 6.45) is 4.98. The average Bonchev–Trinajstić information content (AvgIpc) is 2.97. The summed E-state index contributed by atoms with van der Waals surface area (Å²) in [6.45, 7) is 2.74. The van der Waals surface area contributed by atoms with Crippen molar-refractivity contribution >= 4 is 5.91 Å². The van der Waals surface area contributed by atoms with Crippen molar-refractivity contribution in [2.75, 3.05) is 7.05 Å². The summed E-state index contributed by atoms with van der Waals surface area (Å²) in [5.74, 6) is 0.512. The van der Waals surface area contributed by atoms with Crippen LogP contribution in [0.5, 0.6) is 0 Å². The van der Waals surface area contributed by atoms with Crippen LogP contribution in [-0.4, -0.2) is 27.4 Å². The molecule has 0 fully saturated rings. The Bertz CT molecular complexity index is 671. The van der Waals surface area contributed by atoms with Crippen LogP contribution in [0, 0.1) is 5.82 Å². The monoisotopic (exact) mass is 301 g/mol.